The number of nitrogens with zero attached hydrogens (tertiary/aromatic N) is 1. The number of thioether (sulfide) groups is 1. The van der Waals surface area contributed by atoms with Crippen molar-refractivity contribution >= 4 is 57.3 Å². The summed E-state index contributed by atoms with van der Waals surface area (Å²) in [6.45, 7) is 0. The Hall–Kier alpha value is -1.69. The van der Waals surface area contributed by atoms with Gasteiger partial charge in [0.2, 0.25) is 5.91 Å². The quantitative estimate of drug-likeness (QED) is 0.815. The van der Waals surface area contributed by atoms with Crippen LogP contribution in [0.15, 0.2) is 41.4 Å². The van der Waals surface area contributed by atoms with Crippen molar-refractivity contribution in [1.29, 1.82) is 0 Å². The first-order valence-corrected chi connectivity index (χ1v) is 8.91. The number of methoxy groups -OCH3 is 1. The van der Waals surface area contributed by atoms with Gasteiger partial charge in [0, 0.05) is 17.1 Å². The molecule has 1 N–H and O–H groups in total. The molecular weight excluding hydrogens is 367 g/mol. The number of aliphatic imine (C=N–C) groups is 1. The second-order valence-electron chi connectivity index (χ2n) is 5.14. The summed E-state index contributed by atoms with van der Waals surface area (Å²) >= 11 is 13.5. The van der Waals surface area contributed by atoms with E-state index in [2.05, 4.69) is 10.3 Å². The summed E-state index contributed by atoms with van der Waals surface area (Å²) in [5.41, 5.74) is 2.47. The van der Waals surface area contributed by atoms with E-state index in [-0.39, 0.29) is 11.7 Å². The average Bonchev–Trinajstić information content (AvgIpc) is 2.97. The Morgan fingerprint density at radius 3 is 2.75 bits per heavy atom. The predicted octanol–water partition coefficient (Wildman–Crippen LogP) is 4.96. The summed E-state index contributed by atoms with van der Waals surface area (Å²) in [4.78, 5) is 16.5. The Morgan fingerprint density at radius 1 is 1.29 bits per heavy atom. The van der Waals surface area contributed by atoms with Gasteiger partial charge in [-0.3, -0.25) is 4.79 Å². The highest BCUT2D eigenvalue weighted by molar-refractivity contribution is 8.14. The summed E-state index contributed by atoms with van der Waals surface area (Å²) in [5.74, 6) is 0.938. The Bertz CT molecular complexity index is 807. The van der Waals surface area contributed by atoms with Gasteiger partial charge in [0.05, 0.1) is 28.6 Å². The van der Waals surface area contributed by atoms with E-state index in [1.807, 2.05) is 6.07 Å². The molecule has 0 aromatic heterocycles. The van der Waals surface area contributed by atoms with Crippen LogP contribution in [-0.2, 0) is 11.2 Å². The molecule has 1 amide bonds. The van der Waals surface area contributed by atoms with Gasteiger partial charge in [-0.05, 0) is 42.0 Å². The summed E-state index contributed by atoms with van der Waals surface area (Å²) in [6, 6.07) is 10.7. The molecule has 0 unspecified atom stereocenters. The van der Waals surface area contributed by atoms with E-state index in [0.717, 1.165) is 27.7 Å². The topological polar surface area (TPSA) is 50.7 Å². The smallest absolute Gasteiger partial charge is 0.234 e. The molecular formula is C17H14Cl2N2O2S. The van der Waals surface area contributed by atoms with E-state index in [4.69, 9.17) is 27.9 Å². The molecule has 0 aliphatic carbocycles. The number of anilines is 1. The zero-order valence-corrected chi connectivity index (χ0v) is 15.1. The van der Waals surface area contributed by atoms with E-state index >= 15 is 0 Å². The van der Waals surface area contributed by atoms with E-state index in [0.29, 0.717) is 16.5 Å². The number of ether oxygens (including phenoxy) is 1. The normalized spacial score (nSPS) is 12.5. The van der Waals surface area contributed by atoms with Crippen molar-refractivity contribution in [2.45, 2.75) is 6.42 Å². The SMILES string of the molecule is COc1ccc(NC(=O)CSC2=Nc3c(Cl)cc(Cl)cc3C2)cc1. The summed E-state index contributed by atoms with van der Waals surface area (Å²) in [6.07, 6.45) is 0.649. The summed E-state index contributed by atoms with van der Waals surface area (Å²) < 4.78 is 5.09. The average molecular weight is 381 g/mol. The van der Waals surface area contributed by atoms with Crippen LogP contribution >= 0.6 is 35.0 Å². The number of hydrogen-bond acceptors (Lipinski definition) is 4. The molecule has 0 saturated heterocycles. The van der Waals surface area contributed by atoms with Crippen molar-refractivity contribution in [1.82, 2.24) is 0 Å². The standard InChI is InChI=1S/C17H14Cl2N2O2S/c1-23-13-4-2-12(3-5-13)20-15(22)9-24-16-7-10-6-11(18)8-14(19)17(10)21-16/h2-6,8H,7,9H2,1H3,(H,20,22). The Balaban J connectivity index is 1.55. The molecule has 7 heteroatoms. The summed E-state index contributed by atoms with van der Waals surface area (Å²) in [7, 11) is 1.60. The lowest BCUT2D eigenvalue weighted by Crippen LogP contribution is -2.15. The molecule has 4 nitrogen and oxygen atoms in total. The minimum atomic E-state index is -0.0899. The predicted molar refractivity (Wildman–Crippen MR) is 101 cm³/mol. The number of amides is 1. The van der Waals surface area contributed by atoms with Gasteiger partial charge >= 0.3 is 0 Å². The van der Waals surface area contributed by atoms with Crippen molar-refractivity contribution in [3.63, 3.8) is 0 Å². The molecule has 0 radical (unpaired) electrons. The number of nitrogens with one attached hydrogen (secondary N) is 1. The van der Waals surface area contributed by atoms with Crippen LogP contribution in [0.5, 0.6) is 5.75 Å². The fourth-order valence-corrected chi connectivity index (χ4v) is 3.67. The van der Waals surface area contributed by atoms with Gasteiger partial charge in [0.15, 0.2) is 0 Å². The van der Waals surface area contributed by atoms with Crippen molar-refractivity contribution in [3.05, 3.63) is 52.0 Å². The fourth-order valence-electron chi connectivity index (χ4n) is 2.31. The monoisotopic (exact) mass is 380 g/mol. The van der Waals surface area contributed by atoms with E-state index in [1.165, 1.54) is 11.8 Å². The highest BCUT2D eigenvalue weighted by Crippen LogP contribution is 2.38. The van der Waals surface area contributed by atoms with Crippen LogP contribution in [0, 0.1) is 0 Å². The lowest BCUT2D eigenvalue weighted by atomic mass is 10.1. The lowest BCUT2D eigenvalue weighted by Gasteiger charge is -2.06. The van der Waals surface area contributed by atoms with Crippen molar-refractivity contribution in [2.24, 2.45) is 4.99 Å². The van der Waals surface area contributed by atoms with Gasteiger partial charge in [-0.15, -0.1) is 11.8 Å². The van der Waals surface area contributed by atoms with Crippen molar-refractivity contribution < 1.29 is 9.53 Å². The van der Waals surface area contributed by atoms with Crippen LogP contribution in [-0.4, -0.2) is 23.8 Å². The zero-order valence-electron chi connectivity index (χ0n) is 12.8. The van der Waals surface area contributed by atoms with Crippen LogP contribution < -0.4 is 10.1 Å². The maximum Gasteiger partial charge on any atom is 0.234 e. The highest BCUT2D eigenvalue weighted by atomic mass is 35.5. The molecule has 124 valence electrons. The van der Waals surface area contributed by atoms with Gasteiger partial charge in [0.25, 0.3) is 0 Å². The van der Waals surface area contributed by atoms with Crippen LogP contribution in [0.1, 0.15) is 5.56 Å². The maximum atomic E-state index is 12.1. The molecule has 2 aromatic carbocycles. The Kier molecular flexibility index (Phi) is 5.33. The highest BCUT2D eigenvalue weighted by Gasteiger charge is 2.19. The number of carbonyl (C=O) groups is 1. The van der Waals surface area contributed by atoms with E-state index in [9.17, 15) is 4.79 Å². The number of rotatable bonds is 4. The lowest BCUT2D eigenvalue weighted by molar-refractivity contribution is -0.113. The Morgan fingerprint density at radius 2 is 2.04 bits per heavy atom. The van der Waals surface area contributed by atoms with Gasteiger partial charge in [-0.2, -0.15) is 0 Å². The van der Waals surface area contributed by atoms with E-state index in [1.54, 1.807) is 37.4 Å². The van der Waals surface area contributed by atoms with E-state index < -0.39 is 0 Å². The largest absolute Gasteiger partial charge is 0.497 e. The maximum absolute atomic E-state index is 12.1. The number of halogens is 2. The first kappa shape index (κ1) is 17.1. The van der Waals surface area contributed by atoms with Crippen molar-refractivity contribution in [3.8, 4) is 5.75 Å². The first-order valence-electron chi connectivity index (χ1n) is 7.17. The van der Waals surface area contributed by atoms with Crippen LogP contribution in [0.4, 0.5) is 11.4 Å². The molecule has 24 heavy (non-hydrogen) atoms. The Labute approximate surface area is 154 Å². The molecule has 3 rings (SSSR count). The minimum Gasteiger partial charge on any atom is -0.497 e. The van der Waals surface area contributed by atoms with Gasteiger partial charge in [-0.25, -0.2) is 4.99 Å². The van der Waals surface area contributed by atoms with Crippen LogP contribution in [0.3, 0.4) is 0 Å². The second kappa shape index (κ2) is 7.47. The molecule has 1 aliphatic heterocycles. The number of carbonyl (C=O) groups excluding carboxylic acids is 1. The fraction of sp³-hybridized carbons (Fsp3) is 0.176. The number of fused-ring (bicyclic) bond motifs is 1. The molecule has 0 spiro atoms. The number of benzene rings is 2. The van der Waals surface area contributed by atoms with Gasteiger partial charge in [0.1, 0.15) is 5.75 Å². The molecule has 0 bridgehead atoms. The molecule has 0 saturated carbocycles. The third kappa shape index (κ3) is 4.04. The molecule has 0 atom stereocenters. The molecule has 1 heterocycles. The molecule has 0 fully saturated rings. The zero-order chi connectivity index (χ0) is 17.1. The second-order valence-corrected chi connectivity index (χ2v) is 7.04. The van der Waals surface area contributed by atoms with Gasteiger partial charge < -0.3 is 10.1 Å². The van der Waals surface area contributed by atoms with Crippen LogP contribution in [0.25, 0.3) is 0 Å². The van der Waals surface area contributed by atoms with Crippen LogP contribution in [0.2, 0.25) is 10.0 Å². The van der Waals surface area contributed by atoms with Crippen molar-refractivity contribution in [2.75, 3.05) is 18.2 Å². The first-order chi connectivity index (χ1) is 11.5. The third-order valence-electron chi connectivity index (χ3n) is 3.43. The molecule has 2 aromatic rings. The van der Waals surface area contributed by atoms with Gasteiger partial charge in [-0.1, -0.05) is 23.2 Å². The summed E-state index contributed by atoms with van der Waals surface area (Å²) in [5, 5.41) is 4.83. The minimum absolute atomic E-state index is 0.0899. The number of hydrogen-bond donors (Lipinski definition) is 1. The molecule has 1 aliphatic rings. The third-order valence-corrected chi connectivity index (χ3v) is 4.91.